The van der Waals surface area contributed by atoms with Gasteiger partial charge in [-0.2, -0.15) is 0 Å². The monoisotopic (exact) mass is 210 g/mol. The fourth-order valence-electron chi connectivity index (χ4n) is 1.36. The third-order valence-electron chi connectivity index (χ3n) is 1.97. The van der Waals surface area contributed by atoms with Crippen molar-refractivity contribution in [3.8, 4) is 5.75 Å². The van der Waals surface area contributed by atoms with Crippen LogP contribution < -0.4 is 0 Å². The zero-order valence-corrected chi connectivity index (χ0v) is 8.13. The van der Waals surface area contributed by atoms with E-state index in [1.54, 1.807) is 13.0 Å². The normalized spacial score (nSPS) is 10.7. The topological polar surface area (TPSA) is 50.4 Å². The fourth-order valence-corrected chi connectivity index (χ4v) is 1.47. The molecule has 0 aliphatic carbocycles. The molecule has 1 heterocycles. The molecule has 14 heavy (non-hydrogen) atoms. The average molecular weight is 211 g/mol. The number of furan rings is 1. The summed E-state index contributed by atoms with van der Waals surface area (Å²) in [5.74, 6) is 0.679. The van der Waals surface area contributed by atoms with Gasteiger partial charge in [-0.1, -0.05) is 0 Å². The van der Waals surface area contributed by atoms with Gasteiger partial charge in [-0.15, -0.1) is 0 Å². The summed E-state index contributed by atoms with van der Waals surface area (Å²) < 4.78 is 5.27. The highest BCUT2D eigenvalue weighted by molar-refractivity contribution is 6.67. The number of hydrogen-bond acceptors (Lipinski definition) is 3. The molecule has 0 aliphatic heterocycles. The van der Waals surface area contributed by atoms with Gasteiger partial charge in [0.1, 0.15) is 17.1 Å². The highest BCUT2D eigenvalue weighted by Gasteiger charge is 2.10. The van der Waals surface area contributed by atoms with E-state index in [0.717, 1.165) is 0 Å². The maximum atomic E-state index is 10.9. The molecule has 0 amide bonds. The number of halogens is 1. The van der Waals surface area contributed by atoms with Crippen molar-refractivity contribution in [1.29, 1.82) is 0 Å². The summed E-state index contributed by atoms with van der Waals surface area (Å²) >= 11 is 5.29. The summed E-state index contributed by atoms with van der Waals surface area (Å²) in [6.07, 6.45) is 0. The Hall–Kier alpha value is -1.48. The smallest absolute Gasteiger partial charge is 0.252 e. The van der Waals surface area contributed by atoms with E-state index in [9.17, 15) is 9.90 Å². The predicted octanol–water partition coefficient (Wildman–Crippen LogP) is 2.83. The molecule has 0 saturated heterocycles. The first kappa shape index (κ1) is 9.09. The van der Waals surface area contributed by atoms with E-state index >= 15 is 0 Å². The molecule has 3 nitrogen and oxygen atoms in total. The van der Waals surface area contributed by atoms with Crippen LogP contribution >= 0.6 is 11.6 Å². The summed E-state index contributed by atoms with van der Waals surface area (Å²) in [6, 6.07) is 4.54. The number of hydrogen-bond donors (Lipinski definition) is 1. The van der Waals surface area contributed by atoms with Crippen LogP contribution in [0.2, 0.25) is 0 Å². The van der Waals surface area contributed by atoms with Gasteiger partial charge in [0.25, 0.3) is 5.24 Å². The summed E-state index contributed by atoms with van der Waals surface area (Å²) in [5.41, 5.74) is 0.692. The van der Waals surface area contributed by atoms with Crippen molar-refractivity contribution >= 4 is 27.8 Å². The lowest BCUT2D eigenvalue weighted by Gasteiger charge is -1.96. The van der Waals surface area contributed by atoms with Gasteiger partial charge in [0.15, 0.2) is 0 Å². The molecule has 1 N–H and O–H groups in total. The van der Waals surface area contributed by atoms with Gasteiger partial charge >= 0.3 is 0 Å². The third-order valence-corrected chi connectivity index (χ3v) is 2.18. The maximum Gasteiger partial charge on any atom is 0.252 e. The molecule has 0 aliphatic rings. The maximum absolute atomic E-state index is 10.9. The van der Waals surface area contributed by atoms with Gasteiger partial charge in [0.05, 0.1) is 5.39 Å². The van der Waals surface area contributed by atoms with Crippen molar-refractivity contribution in [3.63, 3.8) is 0 Å². The summed E-state index contributed by atoms with van der Waals surface area (Å²) in [6.45, 7) is 1.77. The molecular formula is C10H7ClO3. The zero-order valence-electron chi connectivity index (χ0n) is 7.37. The van der Waals surface area contributed by atoms with Gasteiger partial charge < -0.3 is 9.52 Å². The van der Waals surface area contributed by atoms with E-state index in [1.165, 1.54) is 12.1 Å². The molecule has 0 radical (unpaired) electrons. The molecule has 0 unspecified atom stereocenters. The van der Waals surface area contributed by atoms with Crippen LogP contribution in [0.4, 0.5) is 0 Å². The fraction of sp³-hybridized carbons (Fsp3) is 0.100. The molecule has 72 valence electrons. The second-order valence-corrected chi connectivity index (χ2v) is 3.38. The minimum Gasteiger partial charge on any atom is -0.507 e. The van der Waals surface area contributed by atoms with E-state index in [2.05, 4.69) is 0 Å². The predicted molar refractivity (Wildman–Crippen MR) is 52.8 cm³/mol. The molecule has 0 fully saturated rings. The Bertz CT molecular complexity index is 513. The second kappa shape index (κ2) is 3.03. The van der Waals surface area contributed by atoms with Crippen LogP contribution in [0.1, 0.15) is 16.1 Å². The number of carbonyl (C=O) groups excluding carboxylic acids is 1. The summed E-state index contributed by atoms with van der Waals surface area (Å²) in [7, 11) is 0. The first-order valence-electron chi connectivity index (χ1n) is 4.01. The van der Waals surface area contributed by atoms with Crippen LogP contribution in [-0.2, 0) is 0 Å². The molecule has 2 rings (SSSR count). The number of aromatic hydroxyl groups is 1. The Kier molecular flexibility index (Phi) is 1.97. The number of phenolic OH excluding ortho intramolecular Hbond substituents is 1. The van der Waals surface area contributed by atoms with Crippen LogP contribution in [0, 0.1) is 6.92 Å². The molecule has 0 spiro atoms. The lowest BCUT2D eigenvalue weighted by atomic mass is 10.1. The van der Waals surface area contributed by atoms with Crippen molar-refractivity contribution in [2.75, 3.05) is 0 Å². The number of benzene rings is 1. The lowest BCUT2D eigenvalue weighted by Crippen LogP contribution is -1.87. The van der Waals surface area contributed by atoms with Crippen LogP contribution in [0.25, 0.3) is 11.0 Å². The Morgan fingerprint density at radius 1 is 1.43 bits per heavy atom. The van der Waals surface area contributed by atoms with Crippen molar-refractivity contribution in [2.24, 2.45) is 0 Å². The van der Waals surface area contributed by atoms with Crippen LogP contribution in [0.5, 0.6) is 5.75 Å². The quantitative estimate of drug-likeness (QED) is 0.737. The largest absolute Gasteiger partial charge is 0.507 e. The van der Waals surface area contributed by atoms with E-state index in [1.807, 2.05) is 0 Å². The molecule has 4 heteroatoms. The molecular weight excluding hydrogens is 204 g/mol. The molecule has 0 bridgehead atoms. The summed E-state index contributed by atoms with van der Waals surface area (Å²) in [4.78, 5) is 10.9. The molecule has 0 saturated carbocycles. The number of rotatable bonds is 1. The Morgan fingerprint density at radius 2 is 2.14 bits per heavy atom. The highest BCUT2D eigenvalue weighted by Crippen LogP contribution is 2.29. The molecule has 1 aromatic carbocycles. The molecule has 0 atom stereocenters. The van der Waals surface area contributed by atoms with Gasteiger partial charge in [0.2, 0.25) is 0 Å². The van der Waals surface area contributed by atoms with E-state index in [0.29, 0.717) is 16.7 Å². The van der Waals surface area contributed by atoms with E-state index < -0.39 is 5.24 Å². The number of aryl methyl sites for hydroxylation is 1. The zero-order chi connectivity index (χ0) is 10.3. The SMILES string of the molecule is Cc1cc2c(O)cc(C(=O)Cl)cc2o1. The average Bonchev–Trinajstić information content (AvgIpc) is 2.45. The Morgan fingerprint density at radius 3 is 2.79 bits per heavy atom. The summed E-state index contributed by atoms with van der Waals surface area (Å²) in [5, 5.41) is 9.52. The van der Waals surface area contributed by atoms with Crippen molar-refractivity contribution < 1.29 is 14.3 Å². The van der Waals surface area contributed by atoms with Crippen LogP contribution in [-0.4, -0.2) is 10.3 Å². The van der Waals surface area contributed by atoms with E-state index in [-0.39, 0.29) is 11.3 Å². The highest BCUT2D eigenvalue weighted by atomic mass is 35.5. The minimum atomic E-state index is -0.615. The Labute approximate surface area is 84.9 Å². The van der Waals surface area contributed by atoms with Crippen LogP contribution in [0.15, 0.2) is 22.6 Å². The number of fused-ring (bicyclic) bond motifs is 1. The van der Waals surface area contributed by atoms with Crippen molar-refractivity contribution in [2.45, 2.75) is 6.92 Å². The number of phenols is 1. The standard InChI is InChI=1S/C10H7ClO3/c1-5-2-7-8(12)3-6(10(11)13)4-9(7)14-5/h2-4,12H,1H3. The van der Waals surface area contributed by atoms with E-state index in [4.69, 9.17) is 16.0 Å². The van der Waals surface area contributed by atoms with Crippen molar-refractivity contribution in [1.82, 2.24) is 0 Å². The first-order chi connectivity index (χ1) is 6.58. The lowest BCUT2D eigenvalue weighted by molar-refractivity contribution is 0.108. The number of carbonyl (C=O) groups is 1. The molecule has 1 aromatic heterocycles. The van der Waals surface area contributed by atoms with Gasteiger partial charge in [-0.3, -0.25) is 4.79 Å². The van der Waals surface area contributed by atoms with Gasteiger partial charge in [0, 0.05) is 5.56 Å². The second-order valence-electron chi connectivity index (χ2n) is 3.04. The van der Waals surface area contributed by atoms with Gasteiger partial charge in [-0.25, -0.2) is 0 Å². The van der Waals surface area contributed by atoms with Crippen molar-refractivity contribution in [3.05, 3.63) is 29.5 Å². The molecule has 2 aromatic rings. The first-order valence-corrected chi connectivity index (χ1v) is 4.38. The Balaban J connectivity index is 2.77. The third kappa shape index (κ3) is 1.36. The van der Waals surface area contributed by atoms with Gasteiger partial charge in [-0.05, 0) is 36.7 Å². The van der Waals surface area contributed by atoms with Crippen LogP contribution in [0.3, 0.4) is 0 Å². The minimum absolute atomic E-state index is 0.00310.